The Balaban J connectivity index is 0. The van der Waals surface area contributed by atoms with Crippen molar-refractivity contribution in [2.45, 2.75) is 13.0 Å². The molecule has 4 heteroatoms. The van der Waals surface area contributed by atoms with E-state index in [9.17, 15) is 4.79 Å². The number of carbonyl (C=O) groups is 1. The summed E-state index contributed by atoms with van der Waals surface area (Å²) in [6, 6.07) is -0.731. The zero-order valence-electron chi connectivity index (χ0n) is 3.92. The smallest absolute Gasteiger partial charge is 0.320 e. The molecule has 0 aliphatic rings. The average molecular weight is 130 g/mol. The van der Waals surface area contributed by atoms with Crippen LogP contribution in [0.15, 0.2) is 0 Å². The van der Waals surface area contributed by atoms with Gasteiger partial charge in [-0.1, -0.05) is 0 Å². The standard InChI is InChI=1S/C3H7NO2.ClH/c1-2(4)3(5)6;/h2H,4H2,1H3,(H,5,6);1H/t2-;/m0./s1/i5+2,6+2;. The molecule has 0 aromatic heterocycles. The first-order valence-corrected chi connectivity index (χ1v) is 1.63. The third-order valence-electron chi connectivity index (χ3n) is 0.390. The summed E-state index contributed by atoms with van der Waals surface area (Å²) in [4.78, 5) is 9.57. The van der Waals surface area contributed by atoms with Gasteiger partial charge in [0, 0.05) is 0 Å². The van der Waals surface area contributed by atoms with Crippen molar-refractivity contribution in [1.29, 1.82) is 0 Å². The number of nitrogens with two attached hydrogens (primary N) is 1. The molecule has 0 aromatic rings. The number of rotatable bonds is 1. The fourth-order valence-electron chi connectivity index (χ4n) is 0. The van der Waals surface area contributed by atoms with Gasteiger partial charge in [-0.15, -0.1) is 12.4 Å². The second-order valence-electron chi connectivity index (χ2n) is 1.13. The first kappa shape index (κ1) is 9.87. The van der Waals surface area contributed by atoms with Crippen molar-refractivity contribution in [2.75, 3.05) is 0 Å². The van der Waals surface area contributed by atoms with E-state index in [0.717, 1.165) is 0 Å². The van der Waals surface area contributed by atoms with E-state index < -0.39 is 12.0 Å². The van der Waals surface area contributed by atoms with Crippen molar-refractivity contribution in [2.24, 2.45) is 5.73 Å². The number of carboxylic acids is 1. The molecule has 7 heavy (non-hydrogen) atoms. The fourth-order valence-corrected chi connectivity index (χ4v) is 0. The van der Waals surface area contributed by atoms with E-state index in [1.165, 1.54) is 6.92 Å². The molecule has 0 bridgehead atoms. The Labute approximate surface area is 47.9 Å². The predicted octanol–water partition coefficient (Wildman–Crippen LogP) is -0.160. The van der Waals surface area contributed by atoms with Crippen LogP contribution in [0.1, 0.15) is 6.92 Å². The lowest BCUT2D eigenvalue weighted by Crippen LogP contribution is -2.25. The Bertz CT molecular complexity index is 64.0. The summed E-state index contributed by atoms with van der Waals surface area (Å²) in [7, 11) is 0. The molecule has 0 saturated carbocycles. The molecule has 0 spiro atoms. The van der Waals surface area contributed by atoms with Crippen LogP contribution in [-0.2, 0) is 4.79 Å². The summed E-state index contributed by atoms with van der Waals surface area (Å²) >= 11 is 0. The highest BCUT2D eigenvalue weighted by Crippen LogP contribution is 1.68. The minimum absolute atomic E-state index is 0. The zero-order chi connectivity index (χ0) is 5.15. The molecule has 0 radical (unpaired) electrons. The van der Waals surface area contributed by atoms with Crippen molar-refractivity contribution >= 4 is 18.4 Å². The van der Waals surface area contributed by atoms with Gasteiger partial charge < -0.3 is 10.8 Å². The van der Waals surface area contributed by atoms with Crippen LogP contribution in [0.3, 0.4) is 0 Å². The maximum absolute atomic E-state index is 9.57. The van der Waals surface area contributed by atoms with Gasteiger partial charge in [-0.25, -0.2) is 0 Å². The zero-order valence-corrected chi connectivity index (χ0v) is 4.73. The highest BCUT2D eigenvalue weighted by molar-refractivity contribution is 5.85. The third-order valence-corrected chi connectivity index (χ3v) is 0.390. The van der Waals surface area contributed by atoms with Crippen LogP contribution in [-0.4, -0.2) is 17.1 Å². The summed E-state index contributed by atoms with van der Waals surface area (Å²) in [5.41, 5.74) is 4.84. The number of halogens is 1. The van der Waals surface area contributed by atoms with Crippen molar-refractivity contribution in [3.05, 3.63) is 0 Å². The summed E-state index contributed by atoms with van der Waals surface area (Å²) in [6.45, 7) is 1.42. The Morgan fingerprint density at radius 3 is 2.00 bits per heavy atom. The van der Waals surface area contributed by atoms with E-state index in [2.05, 4.69) is 0 Å². The van der Waals surface area contributed by atoms with Gasteiger partial charge in [-0.2, -0.15) is 0 Å². The highest BCUT2D eigenvalue weighted by Gasteiger charge is 1.99. The minimum atomic E-state index is -0.963. The van der Waals surface area contributed by atoms with E-state index in [1.807, 2.05) is 0 Å². The molecular formula is C3H8ClNO2. The van der Waals surface area contributed by atoms with Crippen LogP contribution in [0.4, 0.5) is 0 Å². The van der Waals surface area contributed by atoms with Gasteiger partial charge in [0.05, 0.1) is 0 Å². The molecule has 0 saturated heterocycles. The molecular weight excluding hydrogens is 121 g/mol. The lowest BCUT2D eigenvalue weighted by atomic mass is 10.4. The molecule has 0 fully saturated rings. The fraction of sp³-hybridized carbons (Fsp3) is 0.667. The molecule has 3 nitrogen and oxygen atoms in total. The lowest BCUT2D eigenvalue weighted by molar-refractivity contribution is -0.138. The van der Waals surface area contributed by atoms with Gasteiger partial charge >= 0.3 is 5.97 Å². The van der Waals surface area contributed by atoms with E-state index in [4.69, 9.17) is 10.8 Å². The van der Waals surface area contributed by atoms with Gasteiger partial charge in [0.25, 0.3) is 0 Å². The normalized spacial score (nSPS) is 11.7. The van der Waals surface area contributed by atoms with Gasteiger partial charge in [-0.05, 0) is 6.92 Å². The Morgan fingerprint density at radius 2 is 2.00 bits per heavy atom. The number of carboxylic acid groups (broad SMARTS) is 1. The second-order valence-corrected chi connectivity index (χ2v) is 1.13. The van der Waals surface area contributed by atoms with Crippen molar-refractivity contribution < 1.29 is 9.90 Å². The average Bonchev–Trinajstić information content (AvgIpc) is 1.36. The third kappa shape index (κ3) is 5.72. The van der Waals surface area contributed by atoms with Crippen LogP contribution in [0.2, 0.25) is 0 Å². The van der Waals surface area contributed by atoms with Gasteiger partial charge in [-0.3, -0.25) is 4.79 Å². The van der Waals surface area contributed by atoms with Crippen molar-refractivity contribution in [1.82, 2.24) is 0 Å². The molecule has 0 heterocycles. The molecule has 0 aromatic carbocycles. The summed E-state index contributed by atoms with van der Waals surface area (Å²) in [6.07, 6.45) is 0. The first-order chi connectivity index (χ1) is 2.64. The molecule has 44 valence electrons. The molecule has 0 unspecified atom stereocenters. The van der Waals surface area contributed by atoms with Gasteiger partial charge in [0.1, 0.15) is 6.04 Å². The quantitative estimate of drug-likeness (QED) is 0.484. The lowest BCUT2D eigenvalue weighted by Gasteiger charge is -1.90. The number of hydrogen-bond acceptors (Lipinski definition) is 2. The summed E-state index contributed by atoms with van der Waals surface area (Å²) in [5.74, 6) is -0.963. The van der Waals surface area contributed by atoms with Crippen LogP contribution in [0.25, 0.3) is 0 Å². The molecule has 0 rings (SSSR count). The van der Waals surface area contributed by atoms with Crippen LogP contribution in [0, 0.1) is 0 Å². The van der Waals surface area contributed by atoms with Gasteiger partial charge in [0.2, 0.25) is 0 Å². The topological polar surface area (TPSA) is 63.3 Å². The first-order valence-electron chi connectivity index (χ1n) is 1.63. The van der Waals surface area contributed by atoms with Crippen molar-refractivity contribution in [3.63, 3.8) is 0 Å². The van der Waals surface area contributed by atoms with Crippen LogP contribution < -0.4 is 5.73 Å². The second kappa shape index (κ2) is 3.89. The Morgan fingerprint density at radius 1 is 1.86 bits per heavy atom. The maximum atomic E-state index is 9.57. The molecule has 3 N–H and O–H groups in total. The largest absolute Gasteiger partial charge is 0.480 e. The maximum Gasteiger partial charge on any atom is 0.320 e. The van der Waals surface area contributed by atoms with Crippen molar-refractivity contribution in [3.8, 4) is 0 Å². The van der Waals surface area contributed by atoms with E-state index >= 15 is 0 Å². The monoisotopic (exact) mass is 129 g/mol. The highest BCUT2D eigenvalue weighted by atomic mass is 35.5. The van der Waals surface area contributed by atoms with Gasteiger partial charge in [0.15, 0.2) is 0 Å². The van der Waals surface area contributed by atoms with Crippen LogP contribution >= 0.6 is 12.4 Å². The summed E-state index contributed by atoms with van der Waals surface area (Å²) in [5, 5.41) is 7.87. The van der Waals surface area contributed by atoms with E-state index in [0.29, 0.717) is 0 Å². The minimum Gasteiger partial charge on any atom is -0.480 e. The SMILES string of the molecule is C[C@H](N)C(=[18O])[18OH].Cl. The predicted molar refractivity (Wildman–Crippen MR) is 28.5 cm³/mol. The molecule has 0 aliphatic carbocycles. The van der Waals surface area contributed by atoms with E-state index in [-0.39, 0.29) is 12.4 Å². The number of aliphatic carboxylic acids is 1. The molecule has 1 atom stereocenters. The van der Waals surface area contributed by atoms with E-state index in [1.54, 1.807) is 0 Å². The van der Waals surface area contributed by atoms with Crippen LogP contribution in [0.5, 0.6) is 0 Å². The Kier molecular flexibility index (Phi) is 5.49. The Hall–Kier alpha value is -0.280. The molecule has 0 aliphatic heterocycles. The number of hydrogen-bond donors (Lipinski definition) is 2. The molecule has 0 amide bonds. The summed E-state index contributed by atoms with van der Waals surface area (Å²) < 4.78 is 0.